The summed E-state index contributed by atoms with van der Waals surface area (Å²) in [6.07, 6.45) is 3.63. The van der Waals surface area contributed by atoms with E-state index >= 15 is 0 Å². The van der Waals surface area contributed by atoms with Crippen molar-refractivity contribution < 1.29 is 28.8 Å². The molecule has 0 aromatic heterocycles. The molecule has 3 N–H and O–H groups in total. The number of amides is 4. The molecular weight excluding hydrogens is 404 g/mol. The number of rotatable bonds is 8. The van der Waals surface area contributed by atoms with Gasteiger partial charge < -0.3 is 20.7 Å². The molecule has 2 rings (SSSR count). The Morgan fingerprint density at radius 3 is 2.32 bits per heavy atom. The van der Waals surface area contributed by atoms with Crippen LogP contribution >= 0.6 is 0 Å². The maximum Gasteiger partial charge on any atom is 0.408 e. The summed E-state index contributed by atoms with van der Waals surface area (Å²) in [6, 6.07) is -1.77. The van der Waals surface area contributed by atoms with Crippen molar-refractivity contribution in [3.8, 4) is 0 Å². The third-order valence-electron chi connectivity index (χ3n) is 5.71. The Morgan fingerprint density at radius 2 is 1.81 bits per heavy atom. The van der Waals surface area contributed by atoms with Gasteiger partial charge in [-0.25, -0.2) is 9.86 Å². The van der Waals surface area contributed by atoms with Crippen LogP contribution in [0.1, 0.15) is 59.3 Å². The van der Waals surface area contributed by atoms with Gasteiger partial charge in [-0.1, -0.05) is 12.8 Å². The molecule has 0 radical (unpaired) electrons. The standard InChI is InChI=1S/C21H36N4O6/c1-21(2,3)31-20(29)24-16(13-8-6-7-9-13)18(27)23-15(19(28)25(4)30-5)12-14-10-11-22-17(14)26/h13-16H,6-12H2,1-5H3,(H,22,26)(H,23,27)(H,24,29)/t14?,15-,16-/m0/s1. The largest absolute Gasteiger partial charge is 0.444 e. The molecule has 1 heterocycles. The van der Waals surface area contributed by atoms with Crippen LogP contribution < -0.4 is 16.0 Å². The number of hydrogen-bond donors (Lipinski definition) is 3. The second-order valence-electron chi connectivity index (χ2n) is 9.26. The predicted molar refractivity (Wildman–Crippen MR) is 113 cm³/mol. The average Bonchev–Trinajstić information content (AvgIpc) is 3.35. The molecule has 1 unspecified atom stereocenters. The summed E-state index contributed by atoms with van der Waals surface area (Å²) >= 11 is 0. The van der Waals surface area contributed by atoms with Gasteiger partial charge >= 0.3 is 6.09 Å². The smallest absolute Gasteiger partial charge is 0.408 e. The lowest BCUT2D eigenvalue weighted by atomic mass is 9.95. The Labute approximate surface area is 183 Å². The van der Waals surface area contributed by atoms with Crippen LogP contribution in [0, 0.1) is 11.8 Å². The van der Waals surface area contributed by atoms with Crippen molar-refractivity contribution in [3.63, 3.8) is 0 Å². The van der Waals surface area contributed by atoms with E-state index < -0.39 is 35.6 Å². The van der Waals surface area contributed by atoms with E-state index in [0.29, 0.717) is 13.0 Å². The summed E-state index contributed by atoms with van der Waals surface area (Å²) in [6.45, 7) is 5.79. The van der Waals surface area contributed by atoms with E-state index in [1.807, 2.05) is 0 Å². The minimum atomic E-state index is -0.948. The van der Waals surface area contributed by atoms with Crippen LogP contribution in [0.4, 0.5) is 4.79 Å². The predicted octanol–water partition coefficient (Wildman–Crippen LogP) is 1.10. The third-order valence-corrected chi connectivity index (χ3v) is 5.71. The second kappa shape index (κ2) is 10.8. The average molecular weight is 441 g/mol. The number of hydrogen-bond acceptors (Lipinski definition) is 6. The van der Waals surface area contributed by atoms with E-state index in [4.69, 9.17) is 9.57 Å². The van der Waals surface area contributed by atoms with Gasteiger partial charge in [0.2, 0.25) is 11.8 Å². The number of carbonyl (C=O) groups is 4. The van der Waals surface area contributed by atoms with Crippen LogP contribution in [0.3, 0.4) is 0 Å². The molecular formula is C21H36N4O6. The minimum absolute atomic E-state index is 0.0433. The molecule has 2 aliphatic rings. The molecule has 4 amide bonds. The summed E-state index contributed by atoms with van der Waals surface area (Å²) in [5, 5.41) is 9.24. The molecule has 1 aliphatic heterocycles. The van der Waals surface area contributed by atoms with Gasteiger partial charge in [-0.3, -0.25) is 19.2 Å². The normalized spacial score (nSPS) is 21.2. The molecule has 2 fully saturated rings. The van der Waals surface area contributed by atoms with Gasteiger partial charge in [-0.2, -0.15) is 0 Å². The number of ether oxygens (including phenoxy) is 1. The minimum Gasteiger partial charge on any atom is -0.444 e. The van der Waals surface area contributed by atoms with E-state index in [1.54, 1.807) is 20.8 Å². The van der Waals surface area contributed by atoms with Crippen molar-refractivity contribution >= 4 is 23.8 Å². The van der Waals surface area contributed by atoms with Gasteiger partial charge in [-0.15, -0.1) is 0 Å². The molecule has 3 atom stereocenters. The van der Waals surface area contributed by atoms with Crippen molar-refractivity contribution in [2.45, 2.75) is 77.0 Å². The van der Waals surface area contributed by atoms with Gasteiger partial charge in [0.05, 0.1) is 7.11 Å². The number of nitrogens with zero attached hydrogens (tertiary/aromatic N) is 1. The van der Waals surface area contributed by atoms with Crippen molar-refractivity contribution in [2.24, 2.45) is 11.8 Å². The first kappa shape index (κ1) is 24.9. The summed E-state index contributed by atoms with van der Waals surface area (Å²) < 4.78 is 5.33. The molecule has 10 heteroatoms. The second-order valence-corrected chi connectivity index (χ2v) is 9.26. The maximum absolute atomic E-state index is 13.2. The molecule has 0 bridgehead atoms. The van der Waals surface area contributed by atoms with E-state index in [0.717, 1.165) is 30.7 Å². The van der Waals surface area contributed by atoms with Crippen molar-refractivity contribution in [1.29, 1.82) is 0 Å². The van der Waals surface area contributed by atoms with Crippen LogP contribution in [-0.2, 0) is 24.0 Å². The summed E-state index contributed by atoms with van der Waals surface area (Å²) in [5.74, 6) is -1.47. The van der Waals surface area contributed by atoms with Crippen molar-refractivity contribution in [1.82, 2.24) is 21.0 Å². The molecule has 1 saturated carbocycles. The Bertz CT molecular complexity index is 671. The SMILES string of the molecule is CON(C)C(=O)[C@H](CC1CCNC1=O)NC(=O)[C@@H](NC(=O)OC(C)(C)C)C1CCCC1. The number of alkyl carbamates (subject to hydrolysis) is 1. The number of nitrogens with one attached hydrogen (secondary N) is 3. The highest BCUT2D eigenvalue weighted by Gasteiger charge is 2.38. The fourth-order valence-corrected chi connectivity index (χ4v) is 4.07. The molecule has 0 aromatic rings. The molecule has 1 saturated heterocycles. The molecule has 0 aromatic carbocycles. The molecule has 0 spiro atoms. The number of likely N-dealkylation sites (N-methyl/N-ethyl adjacent to an activating group) is 1. The monoisotopic (exact) mass is 440 g/mol. The third kappa shape index (κ3) is 7.37. The topological polar surface area (TPSA) is 126 Å². The quantitative estimate of drug-likeness (QED) is 0.485. The van der Waals surface area contributed by atoms with Crippen molar-refractivity contribution in [3.05, 3.63) is 0 Å². The Balaban J connectivity index is 2.15. The molecule has 10 nitrogen and oxygen atoms in total. The van der Waals surface area contributed by atoms with E-state index in [1.165, 1.54) is 14.2 Å². The summed E-state index contributed by atoms with van der Waals surface area (Å²) in [4.78, 5) is 55.4. The van der Waals surface area contributed by atoms with Crippen LogP contribution in [0.2, 0.25) is 0 Å². The first-order chi connectivity index (χ1) is 14.5. The lowest BCUT2D eigenvalue weighted by molar-refractivity contribution is -0.172. The zero-order valence-corrected chi connectivity index (χ0v) is 19.2. The first-order valence-electron chi connectivity index (χ1n) is 10.9. The number of carbonyl (C=O) groups excluding carboxylic acids is 4. The lowest BCUT2D eigenvalue weighted by Gasteiger charge is -2.29. The Kier molecular flexibility index (Phi) is 8.67. The van der Waals surface area contributed by atoms with E-state index in [9.17, 15) is 19.2 Å². The Hall–Kier alpha value is -2.36. The lowest BCUT2D eigenvalue weighted by Crippen LogP contribution is -2.56. The zero-order valence-electron chi connectivity index (χ0n) is 19.2. The van der Waals surface area contributed by atoms with Crippen LogP contribution in [-0.4, -0.2) is 67.3 Å². The zero-order chi connectivity index (χ0) is 23.2. The molecule has 31 heavy (non-hydrogen) atoms. The van der Waals surface area contributed by atoms with E-state index in [2.05, 4.69) is 16.0 Å². The van der Waals surface area contributed by atoms with Crippen LogP contribution in [0.25, 0.3) is 0 Å². The summed E-state index contributed by atoms with van der Waals surface area (Å²) in [5.41, 5.74) is -0.698. The molecule has 176 valence electrons. The fourth-order valence-electron chi connectivity index (χ4n) is 4.07. The highest BCUT2D eigenvalue weighted by atomic mass is 16.7. The van der Waals surface area contributed by atoms with Crippen molar-refractivity contribution in [2.75, 3.05) is 20.7 Å². The van der Waals surface area contributed by atoms with Gasteiger partial charge in [-0.05, 0) is 52.4 Å². The summed E-state index contributed by atoms with van der Waals surface area (Å²) in [7, 11) is 2.80. The van der Waals surface area contributed by atoms with E-state index in [-0.39, 0.29) is 24.2 Å². The van der Waals surface area contributed by atoms with Gasteiger partial charge in [0.1, 0.15) is 17.7 Å². The Morgan fingerprint density at radius 1 is 1.16 bits per heavy atom. The fraction of sp³-hybridized carbons (Fsp3) is 0.810. The molecule has 1 aliphatic carbocycles. The first-order valence-corrected chi connectivity index (χ1v) is 10.9. The number of hydroxylamine groups is 2. The van der Waals surface area contributed by atoms with Crippen LogP contribution in [0.5, 0.6) is 0 Å². The van der Waals surface area contributed by atoms with Gasteiger partial charge in [0.15, 0.2) is 0 Å². The van der Waals surface area contributed by atoms with Gasteiger partial charge in [0.25, 0.3) is 5.91 Å². The van der Waals surface area contributed by atoms with Gasteiger partial charge in [0, 0.05) is 19.5 Å². The highest BCUT2D eigenvalue weighted by Crippen LogP contribution is 2.28. The maximum atomic E-state index is 13.2. The highest BCUT2D eigenvalue weighted by molar-refractivity contribution is 5.92. The van der Waals surface area contributed by atoms with Crippen LogP contribution in [0.15, 0.2) is 0 Å².